The highest BCUT2D eigenvalue weighted by atomic mass is 79.9. The van der Waals surface area contributed by atoms with Gasteiger partial charge in [-0.2, -0.15) is 0 Å². The van der Waals surface area contributed by atoms with Gasteiger partial charge in [0, 0.05) is 24.1 Å². The summed E-state index contributed by atoms with van der Waals surface area (Å²) in [6.45, 7) is 4.98. The van der Waals surface area contributed by atoms with E-state index in [9.17, 15) is 0 Å². The third kappa shape index (κ3) is 4.49. The zero-order valence-corrected chi connectivity index (χ0v) is 12.2. The van der Waals surface area contributed by atoms with E-state index in [0.717, 1.165) is 16.1 Å². The Hall–Kier alpha value is -0.610. The molecule has 1 aromatic rings. The van der Waals surface area contributed by atoms with Crippen molar-refractivity contribution in [2.75, 3.05) is 7.05 Å². The monoisotopic (exact) mass is 300 g/mol. The van der Waals surface area contributed by atoms with Crippen molar-refractivity contribution in [2.45, 2.75) is 26.4 Å². The van der Waals surface area contributed by atoms with E-state index in [1.54, 1.807) is 0 Å². The lowest BCUT2D eigenvalue weighted by molar-refractivity contribution is 0.480. The molecule has 0 atom stereocenters. The Morgan fingerprint density at radius 1 is 1.50 bits per heavy atom. The zero-order chi connectivity index (χ0) is 12.1. The number of nitrogens with zero attached hydrogens (tertiary/aromatic N) is 1. The van der Waals surface area contributed by atoms with Crippen LogP contribution in [-0.4, -0.2) is 23.1 Å². The highest BCUT2D eigenvalue weighted by molar-refractivity contribution is 9.10. The van der Waals surface area contributed by atoms with Crippen LogP contribution in [0.25, 0.3) is 0 Å². The van der Waals surface area contributed by atoms with Crippen LogP contribution in [0.4, 0.5) is 0 Å². The average Bonchev–Trinajstić information content (AvgIpc) is 2.16. The van der Waals surface area contributed by atoms with E-state index in [0.29, 0.717) is 6.04 Å². The number of halogens is 1. The maximum atomic E-state index is 5.29. The van der Waals surface area contributed by atoms with Crippen LogP contribution >= 0.6 is 28.1 Å². The molecule has 0 radical (unpaired) electrons. The summed E-state index contributed by atoms with van der Waals surface area (Å²) in [6, 6.07) is 8.63. The van der Waals surface area contributed by atoms with Crippen LogP contribution in [-0.2, 0) is 6.54 Å². The van der Waals surface area contributed by atoms with Crippen LogP contribution in [0, 0.1) is 0 Å². The molecular formula is C12H17BrN2S. The molecular weight excluding hydrogens is 284 g/mol. The maximum absolute atomic E-state index is 5.29. The first-order valence-electron chi connectivity index (χ1n) is 5.25. The van der Waals surface area contributed by atoms with Gasteiger partial charge in [-0.25, -0.2) is 0 Å². The molecule has 0 fully saturated rings. The lowest BCUT2D eigenvalue weighted by atomic mass is 10.2. The predicted octanol–water partition coefficient (Wildman–Crippen LogP) is 3.16. The maximum Gasteiger partial charge on any atom is 0.169 e. The smallest absolute Gasteiger partial charge is 0.169 e. The lowest BCUT2D eigenvalue weighted by Gasteiger charge is -2.22. The Bertz CT molecular complexity index is 366. The molecule has 1 N–H and O–H groups in total. The Balaban J connectivity index is 2.57. The number of rotatable bonds is 3. The van der Waals surface area contributed by atoms with Gasteiger partial charge >= 0.3 is 0 Å². The van der Waals surface area contributed by atoms with Gasteiger partial charge in [0.15, 0.2) is 5.11 Å². The number of hydrogen-bond donors (Lipinski definition) is 1. The van der Waals surface area contributed by atoms with Crippen LogP contribution in [0.15, 0.2) is 28.7 Å². The van der Waals surface area contributed by atoms with E-state index in [1.807, 2.05) is 24.1 Å². The number of benzene rings is 1. The third-order valence-corrected chi connectivity index (χ3v) is 2.99. The van der Waals surface area contributed by atoms with Gasteiger partial charge in [0.25, 0.3) is 0 Å². The molecule has 1 aromatic carbocycles. The molecule has 0 unspecified atom stereocenters. The molecule has 0 heterocycles. The Labute approximate surface area is 111 Å². The second-order valence-corrected chi connectivity index (χ2v) is 5.39. The molecule has 0 aliphatic rings. The summed E-state index contributed by atoms with van der Waals surface area (Å²) in [7, 11) is 2.00. The zero-order valence-electron chi connectivity index (χ0n) is 9.83. The van der Waals surface area contributed by atoms with E-state index in [2.05, 4.69) is 47.2 Å². The van der Waals surface area contributed by atoms with Crippen LogP contribution in [0.1, 0.15) is 19.4 Å². The van der Waals surface area contributed by atoms with Crippen molar-refractivity contribution in [1.82, 2.24) is 10.2 Å². The molecule has 4 heteroatoms. The standard InChI is InChI=1S/C12H17BrN2S/c1-9(2)14-12(16)15(3)8-10-5-4-6-11(13)7-10/h4-7,9H,8H2,1-3H3,(H,14,16). The molecule has 1 rings (SSSR count). The van der Waals surface area contributed by atoms with E-state index >= 15 is 0 Å². The summed E-state index contributed by atoms with van der Waals surface area (Å²) in [5.41, 5.74) is 1.24. The molecule has 0 spiro atoms. The first kappa shape index (κ1) is 13.5. The summed E-state index contributed by atoms with van der Waals surface area (Å²) in [5.74, 6) is 0. The Morgan fingerprint density at radius 3 is 2.75 bits per heavy atom. The second kappa shape index (κ2) is 6.21. The molecule has 2 nitrogen and oxygen atoms in total. The normalized spacial score (nSPS) is 10.3. The highest BCUT2D eigenvalue weighted by Crippen LogP contribution is 2.12. The molecule has 88 valence electrons. The summed E-state index contributed by atoms with van der Waals surface area (Å²) < 4.78 is 1.10. The Kier molecular flexibility index (Phi) is 5.22. The van der Waals surface area contributed by atoms with Crippen molar-refractivity contribution in [3.63, 3.8) is 0 Å². The van der Waals surface area contributed by atoms with Crippen molar-refractivity contribution < 1.29 is 0 Å². The molecule has 0 saturated carbocycles. The molecule has 0 saturated heterocycles. The minimum atomic E-state index is 0.373. The number of thiocarbonyl (C=S) groups is 1. The minimum absolute atomic E-state index is 0.373. The van der Waals surface area contributed by atoms with Crippen LogP contribution in [0.5, 0.6) is 0 Å². The van der Waals surface area contributed by atoms with Gasteiger partial charge in [0.1, 0.15) is 0 Å². The lowest BCUT2D eigenvalue weighted by Crippen LogP contribution is -2.40. The molecule has 0 bridgehead atoms. The summed E-state index contributed by atoms with van der Waals surface area (Å²) in [4.78, 5) is 2.04. The first-order chi connectivity index (χ1) is 7.49. The molecule has 0 amide bonds. The summed E-state index contributed by atoms with van der Waals surface area (Å²) in [6.07, 6.45) is 0. The molecule has 0 aromatic heterocycles. The quantitative estimate of drug-likeness (QED) is 0.863. The van der Waals surface area contributed by atoms with E-state index in [1.165, 1.54) is 5.56 Å². The second-order valence-electron chi connectivity index (χ2n) is 4.09. The highest BCUT2D eigenvalue weighted by Gasteiger charge is 2.06. The third-order valence-electron chi connectivity index (χ3n) is 2.07. The van der Waals surface area contributed by atoms with E-state index in [-0.39, 0.29) is 0 Å². The van der Waals surface area contributed by atoms with Crippen LogP contribution < -0.4 is 5.32 Å². The topological polar surface area (TPSA) is 15.3 Å². The fraction of sp³-hybridized carbons (Fsp3) is 0.417. The SMILES string of the molecule is CC(C)NC(=S)N(C)Cc1cccc(Br)c1. The van der Waals surface area contributed by atoms with E-state index in [4.69, 9.17) is 12.2 Å². The largest absolute Gasteiger partial charge is 0.360 e. The van der Waals surface area contributed by atoms with Crippen molar-refractivity contribution in [1.29, 1.82) is 0 Å². The van der Waals surface area contributed by atoms with Gasteiger partial charge in [0.05, 0.1) is 0 Å². The molecule has 16 heavy (non-hydrogen) atoms. The number of nitrogens with one attached hydrogen (secondary N) is 1. The molecule has 0 aliphatic heterocycles. The van der Waals surface area contributed by atoms with Gasteiger partial charge in [-0.05, 0) is 43.8 Å². The van der Waals surface area contributed by atoms with Gasteiger partial charge in [0.2, 0.25) is 0 Å². The summed E-state index contributed by atoms with van der Waals surface area (Å²) >= 11 is 8.75. The number of hydrogen-bond acceptors (Lipinski definition) is 1. The average molecular weight is 301 g/mol. The van der Waals surface area contributed by atoms with Crippen molar-refractivity contribution >= 4 is 33.3 Å². The van der Waals surface area contributed by atoms with Crippen molar-refractivity contribution in [3.05, 3.63) is 34.3 Å². The van der Waals surface area contributed by atoms with Gasteiger partial charge in [-0.15, -0.1) is 0 Å². The van der Waals surface area contributed by atoms with Gasteiger partial charge < -0.3 is 10.2 Å². The fourth-order valence-corrected chi connectivity index (χ4v) is 2.09. The van der Waals surface area contributed by atoms with Gasteiger partial charge in [-0.3, -0.25) is 0 Å². The van der Waals surface area contributed by atoms with Gasteiger partial charge in [-0.1, -0.05) is 28.1 Å². The van der Waals surface area contributed by atoms with Crippen LogP contribution in [0.2, 0.25) is 0 Å². The predicted molar refractivity (Wildman–Crippen MR) is 76.5 cm³/mol. The fourth-order valence-electron chi connectivity index (χ4n) is 1.34. The minimum Gasteiger partial charge on any atom is -0.360 e. The van der Waals surface area contributed by atoms with Crippen molar-refractivity contribution in [3.8, 4) is 0 Å². The molecule has 0 aliphatic carbocycles. The van der Waals surface area contributed by atoms with Crippen molar-refractivity contribution in [2.24, 2.45) is 0 Å². The van der Waals surface area contributed by atoms with Crippen LogP contribution in [0.3, 0.4) is 0 Å². The summed E-state index contributed by atoms with van der Waals surface area (Å²) in [5, 5.41) is 4.01. The first-order valence-corrected chi connectivity index (χ1v) is 6.45. The van der Waals surface area contributed by atoms with E-state index < -0.39 is 0 Å². The Morgan fingerprint density at radius 2 is 2.19 bits per heavy atom.